The highest BCUT2D eigenvalue weighted by Crippen LogP contribution is 2.35. The Morgan fingerprint density at radius 1 is 1.07 bits per heavy atom. The van der Waals surface area contributed by atoms with E-state index in [-0.39, 0.29) is 35.1 Å². The number of fused-ring (bicyclic) bond motifs is 1. The Labute approximate surface area is 182 Å². The van der Waals surface area contributed by atoms with Crippen LogP contribution in [0.25, 0.3) is 0 Å². The SMILES string of the molecule is Cl.O=C1Nc2ccccc2C1CCCCN1CCN(c2ccc(F)c(Cl)c2)CC1. The second-order valence-corrected chi connectivity index (χ2v) is 7.96. The number of halogens is 3. The maximum absolute atomic E-state index is 13.3. The van der Waals surface area contributed by atoms with Crippen LogP contribution in [-0.2, 0) is 4.79 Å². The normalized spacial score (nSPS) is 18.9. The molecule has 1 saturated heterocycles. The fourth-order valence-electron chi connectivity index (χ4n) is 4.16. The summed E-state index contributed by atoms with van der Waals surface area (Å²) in [7, 11) is 0. The fraction of sp³-hybridized carbons (Fsp3) is 0.409. The number of rotatable bonds is 6. The zero-order valence-electron chi connectivity index (χ0n) is 16.2. The van der Waals surface area contributed by atoms with Gasteiger partial charge in [0.2, 0.25) is 5.91 Å². The van der Waals surface area contributed by atoms with E-state index in [0.29, 0.717) is 0 Å². The number of unbranched alkanes of at least 4 members (excludes halogenated alkanes) is 1. The molecule has 1 fully saturated rings. The van der Waals surface area contributed by atoms with Gasteiger partial charge in [0.15, 0.2) is 0 Å². The largest absolute Gasteiger partial charge is 0.369 e. The van der Waals surface area contributed by atoms with Crippen molar-refractivity contribution in [2.24, 2.45) is 0 Å². The maximum atomic E-state index is 13.3. The average molecular weight is 438 g/mol. The monoisotopic (exact) mass is 437 g/mol. The molecule has 0 saturated carbocycles. The van der Waals surface area contributed by atoms with Crippen LogP contribution in [0.4, 0.5) is 15.8 Å². The van der Waals surface area contributed by atoms with Crippen molar-refractivity contribution >= 4 is 41.3 Å². The lowest BCUT2D eigenvalue weighted by Gasteiger charge is -2.36. The number of anilines is 2. The van der Waals surface area contributed by atoms with Gasteiger partial charge >= 0.3 is 0 Å². The third-order valence-corrected chi connectivity index (χ3v) is 6.06. The van der Waals surface area contributed by atoms with E-state index in [4.69, 9.17) is 11.6 Å². The lowest BCUT2D eigenvalue weighted by atomic mass is 9.95. The third kappa shape index (κ3) is 5.03. The number of carbonyl (C=O) groups is 1. The van der Waals surface area contributed by atoms with E-state index in [9.17, 15) is 9.18 Å². The first-order valence-electron chi connectivity index (χ1n) is 9.94. The molecule has 0 aromatic heterocycles. The van der Waals surface area contributed by atoms with E-state index in [1.807, 2.05) is 18.2 Å². The molecule has 1 N–H and O–H groups in total. The van der Waals surface area contributed by atoms with Gasteiger partial charge in [-0.05, 0) is 49.2 Å². The standard InChI is InChI=1S/C22H25ClFN3O.ClH/c23-19-15-16(8-9-20(19)24)27-13-11-26(12-14-27)10-4-3-6-18-17-5-1-2-7-21(17)25-22(18)28;/h1-2,5,7-9,15,18H,3-4,6,10-14H2,(H,25,28);1H. The number of para-hydroxylation sites is 1. The zero-order valence-corrected chi connectivity index (χ0v) is 17.8. The first-order chi connectivity index (χ1) is 13.6. The molecule has 2 aromatic rings. The average Bonchev–Trinajstić information content (AvgIpc) is 3.03. The van der Waals surface area contributed by atoms with Gasteiger partial charge in [-0.2, -0.15) is 0 Å². The minimum atomic E-state index is -0.373. The Kier molecular flexibility index (Phi) is 7.38. The fourth-order valence-corrected chi connectivity index (χ4v) is 4.33. The molecule has 1 unspecified atom stereocenters. The van der Waals surface area contributed by atoms with Gasteiger partial charge in [0.1, 0.15) is 5.82 Å². The highest BCUT2D eigenvalue weighted by molar-refractivity contribution is 6.31. The minimum absolute atomic E-state index is 0. The van der Waals surface area contributed by atoms with Gasteiger partial charge in [-0.3, -0.25) is 9.69 Å². The molecule has 0 radical (unpaired) electrons. The van der Waals surface area contributed by atoms with Crippen LogP contribution in [-0.4, -0.2) is 43.5 Å². The highest BCUT2D eigenvalue weighted by atomic mass is 35.5. The summed E-state index contributed by atoms with van der Waals surface area (Å²) in [5.41, 5.74) is 3.09. The van der Waals surface area contributed by atoms with Gasteiger partial charge in [0.25, 0.3) is 0 Å². The van der Waals surface area contributed by atoms with E-state index in [1.54, 1.807) is 12.1 Å². The lowest BCUT2D eigenvalue weighted by Crippen LogP contribution is -2.46. The van der Waals surface area contributed by atoms with Crippen LogP contribution in [0.3, 0.4) is 0 Å². The predicted octanol–water partition coefficient (Wildman–Crippen LogP) is 4.93. The summed E-state index contributed by atoms with van der Waals surface area (Å²) in [6.45, 7) is 4.86. The first-order valence-corrected chi connectivity index (χ1v) is 10.3. The van der Waals surface area contributed by atoms with E-state index >= 15 is 0 Å². The van der Waals surface area contributed by atoms with Crippen molar-refractivity contribution in [3.63, 3.8) is 0 Å². The molecule has 29 heavy (non-hydrogen) atoms. The number of nitrogens with zero attached hydrogens (tertiary/aromatic N) is 2. The Bertz CT molecular complexity index is 856. The number of piperazine rings is 1. The molecule has 4 rings (SSSR count). The topological polar surface area (TPSA) is 35.6 Å². The van der Waals surface area contributed by atoms with E-state index in [0.717, 1.165) is 68.9 Å². The van der Waals surface area contributed by atoms with Crippen LogP contribution in [0.15, 0.2) is 42.5 Å². The quantitative estimate of drug-likeness (QED) is 0.650. The summed E-state index contributed by atoms with van der Waals surface area (Å²) in [6, 6.07) is 12.9. The van der Waals surface area contributed by atoms with Crippen molar-refractivity contribution in [3.8, 4) is 0 Å². The van der Waals surface area contributed by atoms with Crippen molar-refractivity contribution < 1.29 is 9.18 Å². The van der Waals surface area contributed by atoms with Crippen molar-refractivity contribution in [2.75, 3.05) is 42.9 Å². The maximum Gasteiger partial charge on any atom is 0.232 e. The highest BCUT2D eigenvalue weighted by Gasteiger charge is 2.29. The first kappa shape index (κ1) is 21.9. The minimum Gasteiger partial charge on any atom is -0.369 e. The molecule has 4 nitrogen and oxygen atoms in total. The molecule has 7 heteroatoms. The van der Waals surface area contributed by atoms with E-state index < -0.39 is 0 Å². The van der Waals surface area contributed by atoms with Gasteiger partial charge in [-0.25, -0.2) is 4.39 Å². The number of amides is 1. The van der Waals surface area contributed by atoms with Crippen LogP contribution in [0.2, 0.25) is 5.02 Å². The third-order valence-electron chi connectivity index (χ3n) is 5.77. The summed E-state index contributed by atoms with van der Waals surface area (Å²) in [6.07, 6.45) is 3.03. The van der Waals surface area contributed by atoms with Crippen LogP contribution in [0, 0.1) is 5.82 Å². The molecule has 0 aliphatic carbocycles. The van der Waals surface area contributed by atoms with Crippen LogP contribution >= 0.6 is 24.0 Å². The Morgan fingerprint density at radius 3 is 2.59 bits per heavy atom. The van der Waals surface area contributed by atoms with Crippen molar-refractivity contribution in [1.82, 2.24) is 4.90 Å². The molecule has 2 aliphatic heterocycles. The lowest BCUT2D eigenvalue weighted by molar-refractivity contribution is -0.117. The van der Waals surface area contributed by atoms with Crippen molar-refractivity contribution in [1.29, 1.82) is 0 Å². The summed E-state index contributed by atoms with van der Waals surface area (Å²) in [5.74, 6) is -0.244. The summed E-state index contributed by atoms with van der Waals surface area (Å²) in [4.78, 5) is 16.9. The Hall–Kier alpha value is -1.82. The number of hydrogen-bond donors (Lipinski definition) is 1. The zero-order chi connectivity index (χ0) is 19.5. The molecular formula is C22H26Cl2FN3O. The molecule has 2 aliphatic rings. The van der Waals surface area contributed by atoms with Gasteiger partial charge in [0.05, 0.1) is 10.9 Å². The summed E-state index contributed by atoms with van der Waals surface area (Å²) in [5, 5.41) is 3.16. The number of carbonyl (C=O) groups excluding carboxylic acids is 1. The molecular weight excluding hydrogens is 412 g/mol. The molecule has 156 valence electrons. The van der Waals surface area contributed by atoms with Crippen molar-refractivity contribution in [3.05, 3.63) is 58.9 Å². The summed E-state index contributed by atoms with van der Waals surface area (Å²) < 4.78 is 13.3. The second-order valence-electron chi connectivity index (χ2n) is 7.55. The molecule has 1 atom stereocenters. The molecule has 2 aromatic carbocycles. The molecule has 1 amide bonds. The molecule has 0 bridgehead atoms. The van der Waals surface area contributed by atoms with Crippen LogP contribution in [0.1, 0.15) is 30.7 Å². The van der Waals surface area contributed by atoms with Gasteiger partial charge in [-0.1, -0.05) is 36.2 Å². The predicted molar refractivity (Wildman–Crippen MR) is 119 cm³/mol. The van der Waals surface area contributed by atoms with Crippen LogP contribution in [0.5, 0.6) is 0 Å². The molecule has 2 heterocycles. The smallest absolute Gasteiger partial charge is 0.232 e. The number of benzene rings is 2. The van der Waals surface area contributed by atoms with E-state index in [2.05, 4.69) is 21.2 Å². The molecule has 0 spiro atoms. The Balaban J connectivity index is 0.00000240. The van der Waals surface area contributed by atoms with Gasteiger partial charge in [0, 0.05) is 37.6 Å². The second kappa shape index (κ2) is 9.79. The van der Waals surface area contributed by atoms with Crippen molar-refractivity contribution in [2.45, 2.75) is 25.2 Å². The van der Waals surface area contributed by atoms with Gasteiger partial charge < -0.3 is 10.2 Å². The number of hydrogen-bond acceptors (Lipinski definition) is 3. The van der Waals surface area contributed by atoms with Gasteiger partial charge in [-0.15, -0.1) is 12.4 Å². The Morgan fingerprint density at radius 2 is 1.83 bits per heavy atom. The van der Waals surface area contributed by atoms with E-state index in [1.165, 1.54) is 6.07 Å². The summed E-state index contributed by atoms with van der Waals surface area (Å²) >= 11 is 5.90. The number of nitrogens with one attached hydrogen (secondary N) is 1. The van der Waals surface area contributed by atoms with Crippen LogP contribution < -0.4 is 10.2 Å².